The predicted octanol–water partition coefficient (Wildman–Crippen LogP) is 3.73. The van der Waals surface area contributed by atoms with E-state index in [0.717, 1.165) is 5.57 Å². The second kappa shape index (κ2) is 3.05. The van der Waals surface area contributed by atoms with Crippen LogP contribution in [-0.2, 0) is 0 Å². The highest BCUT2D eigenvalue weighted by molar-refractivity contribution is 7.13. The number of aryl methyl sites for hydroxylation is 1. The van der Waals surface area contributed by atoms with E-state index in [4.69, 9.17) is 0 Å². The van der Waals surface area contributed by atoms with Gasteiger partial charge in [0.2, 0.25) is 0 Å². The Morgan fingerprint density at radius 3 is 2.64 bits per heavy atom. The molecule has 1 rings (SSSR count). The minimum absolute atomic E-state index is 1.12. The van der Waals surface area contributed by atoms with Gasteiger partial charge in [-0.15, -0.1) is 11.3 Å². The molecule has 0 atom stereocenters. The largest absolute Gasteiger partial charge is 0.140 e. The Kier molecular flexibility index (Phi) is 2.30. The average molecular weight is 164 g/mol. The monoisotopic (exact) mass is 164 g/mol. The van der Waals surface area contributed by atoms with Gasteiger partial charge < -0.3 is 0 Å². The number of hydrogen-bond acceptors (Lipinski definition) is 1. The summed E-state index contributed by atoms with van der Waals surface area (Å²) in [5.74, 6) is 0. The van der Waals surface area contributed by atoms with Crippen molar-refractivity contribution in [2.24, 2.45) is 0 Å². The fraction of sp³-hybridized carbons (Fsp3) is 0.200. The van der Waals surface area contributed by atoms with E-state index in [1.807, 2.05) is 13.0 Å². The van der Waals surface area contributed by atoms with Crippen LogP contribution in [0.2, 0.25) is 0 Å². The van der Waals surface area contributed by atoms with Gasteiger partial charge in [0.25, 0.3) is 0 Å². The number of allylic oxidation sites excluding steroid dienone is 1. The molecule has 0 spiro atoms. The van der Waals surface area contributed by atoms with Crippen LogP contribution in [0.3, 0.4) is 0 Å². The van der Waals surface area contributed by atoms with Crippen LogP contribution in [0, 0.1) is 6.92 Å². The minimum atomic E-state index is 1.12. The number of thiophene rings is 1. The lowest BCUT2D eigenvalue weighted by Crippen LogP contribution is -1.72. The first-order valence-corrected chi connectivity index (χ1v) is 4.35. The number of rotatable bonds is 2. The van der Waals surface area contributed by atoms with Crippen molar-refractivity contribution in [3.05, 3.63) is 34.5 Å². The molecule has 0 saturated heterocycles. The molecule has 0 nitrogen and oxygen atoms in total. The van der Waals surface area contributed by atoms with E-state index in [9.17, 15) is 0 Å². The maximum atomic E-state index is 3.91. The van der Waals surface area contributed by atoms with Gasteiger partial charge in [-0.05, 0) is 31.1 Å². The lowest BCUT2D eigenvalue weighted by Gasteiger charge is -1.94. The zero-order chi connectivity index (χ0) is 8.43. The summed E-state index contributed by atoms with van der Waals surface area (Å²) in [4.78, 5) is 2.58. The molecule has 0 aliphatic heterocycles. The fourth-order valence-electron chi connectivity index (χ4n) is 1.02. The summed E-state index contributed by atoms with van der Waals surface area (Å²) in [6.45, 7) is 11.8. The van der Waals surface area contributed by atoms with Gasteiger partial charge in [0, 0.05) is 9.75 Å². The standard InChI is InChI=1S/C10H12S/c1-5-9-6-8(4)11-10(9)7(2)3/h5-6H,1-2H2,3-4H3. The summed E-state index contributed by atoms with van der Waals surface area (Å²) in [6, 6.07) is 2.14. The molecule has 0 aromatic carbocycles. The van der Waals surface area contributed by atoms with Gasteiger partial charge in [-0.3, -0.25) is 0 Å². The molecule has 1 heterocycles. The van der Waals surface area contributed by atoms with E-state index in [2.05, 4.69) is 26.1 Å². The van der Waals surface area contributed by atoms with E-state index >= 15 is 0 Å². The van der Waals surface area contributed by atoms with E-state index in [0.29, 0.717) is 0 Å². The van der Waals surface area contributed by atoms with Gasteiger partial charge in [-0.1, -0.05) is 19.2 Å². The van der Waals surface area contributed by atoms with Crippen molar-refractivity contribution in [1.82, 2.24) is 0 Å². The third kappa shape index (κ3) is 1.60. The van der Waals surface area contributed by atoms with Crippen LogP contribution in [0.15, 0.2) is 19.2 Å². The van der Waals surface area contributed by atoms with Crippen molar-refractivity contribution < 1.29 is 0 Å². The Morgan fingerprint density at radius 1 is 1.64 bits per heavy atom. The zero-order valence-corrected chi connectivity index (χ0v) is 7.79. The molecule has 1 heteroatoms. The maximum absolute atomic E-state index is 3.91. The van der Waals surface area contributed by atoms with E-state index < -0.39 is 0 Å². The van der Waals surface area contributed by atoms with Crippen LogP contribution in [0.25, 0.3) is 11.6 Å². The lowest BCUT2D eigenvalue weighted by atomic mass is 10.2. The van der Waals surface area contributed by atoms with Crippen LogP contribution >= 0.6 is 11.3 Å². The highest BCUT2D eigenvalue weighted by Crippen LogP contribution is 2.28. The molecule has 0 aliphatic carbocycles. The van der Waals surface area contributed by atoms with Crippen LogP contribution in [0.1, 0.15) is 22.2 Å². The Balaban J connectivity index is 3.22. The minimum Gasteiger partial charge on any atom is -0.140 e. The van der Waals surface area contributed by atoms with Crippen molar-refractivity contribution in [1.29, 1.82) is 0 Å². The molecule has 0 fully saturated rings. The Labute approximate surface area is 71.9 Å². The highest BCUT2D eigenvalue weighted by Gasteiger charge is 2.03. The van der Waals surface area contributed by atoms with Gasteiger partial charge in [0.15, 0.2) is 0 Å². The molecule has 1 aromatic heterocycles. The third-order valence-electron chi connectivity index (χ3n) is 1.49. The molecule has 0 unspecified atom stereocenters. The van der Waals surface area contributed by atoms with Crippen LogP contribution < -0.4 is 0 Å². The molecular weight excluding hydrogens is 152 g/mol. The van der Waals surface area contributed by atoms with Gasteiger partial charge in [-0.25, -0.2) is 0 Å². The zero-order valence-electron chi connectivity index (χ0n) is 6.98. The molecule has 11 heavy (non-hydrogen) atoms. The van der Waals surface area contributed by atoms with Crippen molar-refractivity contribution in [2.45, 2.75) is 13.8 Å². The van der Waals surface area contributed by atoms with Gasteiger partial charge in [0.05, 0.1) is 0 Å². The van der Waals surface area contributed by atoms with Crippen molar-refractivity contribution in [2.75, 3.05) is 0 Å². The molecule has 0 radical (unpaired) electrons. The molecule has 0 bridgehead atoms. The van der Waals surface area contributed by atoms with E-state index in [-0.39, 0.29) is 0 Å². The SMILES string of the molecule is C=Cc1cc(C)sc1C(=C)C. The quantitative estimate of drug-likeness (QED) is 0.624. The molecule has 1 aromatic rings. The summed E-state index contributed by atoms with van der Waals surface area (Å²) >= 11 is 1.78. The van der Waals surface area contributed by atoms with Crippen LogP contribution in [0.4, 0.5) is 0 Å². The molecule has 0 N–H and O–H groups in total. The Hall–Kier alpha value is -0.820. The first-order valence-electron chi connectivity index (χ1n) is 3.54. The summed E-state index contributed by atoms with van der Waals surface area (Å²) < 4.78 is 0. The molecule has 58 valence electrons. The predicted molar refractivity (Wildman–Crippen MR) is 53.9 cm³/mol. The molecule has 0 saturated carbocycles. The first kappa shape index (κ1) is 8.28. The van der Waals surface area contributed by atoms with E-state index in [1.165, 1.54) is 15.3 Å². The summed E-state index contributed by atoms with van der Waals surface area (Å²) in [5.41, 5.74) is 2.33. The number of hydrogen-bond donors (Lipinski definition) is 0. The Bertz CT molecular complexity index is 292. The normalized spacial score (nSPS) is 9.64. The highest BCUT2D eigenvalue weighted by atomic mass is 32.1. The third-order valence-corrected chi connectivity index (χ3v) is 2.72. The molecular formula is C10H12S. The fourth-order valence-corrected chi connectivity index (χ4v) is 1.96. The second-order valence-corrected chi connectivity index (χ2v) is 3.88. The van der Waals surface area contributed by atoms with Crippen molar-refractivity contribution in [3.63, 3.8) is 0 Å². The van der Waals surface area contributed by atoms with Gasteiger partial charge >= 0.3 is 0 Å². The second-order valence-electron chi connectivity index (χ2n) is 2.63. The lowest BCUT2D eigenvalue weighted by molar-refractivity contribution is 1.62. The van der Waals surface area contributed by atoms with E-state index in [1.54, 1.807) is 11.3 Å². The van der Waals surface area contributed by atoms with Gasteiger partial charge in [-0.2, -0.15) is 0 Å². The van der Waals surface area contributed by atoms with Gasteiger partial charge in [0.1, 0.15) is 0 Å². The topological polar surface area (TPSA) is 0 Å². The molecule has 0 aliphatic rings. The van der Waals surface area contributed by atoms with Crippen LogP contribution in [-0.4, -0.2) is 0 Å². The average Bonchev–Trinajstić information content (AvgIpc) is 2.30. The Morgan fingerprint density at radius 2 is 2.27 bits per heavy atom. The molecule has 0 amide bonds. The summed E-state index contributed by atoms with van der Waals surface area (Å²) in [7, 11) is 0. The van der Waals surface area contributed by atoms with Crippen molar-refractivity contribution >= 4 is 23.0 Å². The van der Waals surface area contributed by atoms with Crippen LogP contribution in [0.5, 0.6) is 0 Å². The summed E-state index contributed by atoms with van der Waals surface area (Å²) in [5, 5.41) is 0. The first-order chi connectivity index (χ1) is 5.15. The smallest absolute Gasteiger partial charge is 0.0368 e. The maximum Gasteiger partial charge on any atom is 0.0368 e. The van der Waals surface area contributed by atoms with Crippen molar-refractivity contribution in [3.8, 4) is 0 Å². The summed E-state index contributed by atoms with van der Waals surface area (Å²) in [6.07, 6.45) is 1.88.